The summed E-state index contributed by atoms with van der Waals surface area (Å²) >= 11 is 3.10. The lowest BCUT2D eigenvalue weighted by Crippen LogP contribution is -2.35. The Hall–Kier alpha value is -3.35. The van der Waals surface area contributed by atoms with E-state index in [-0.39, 0.29) is 16.9 Å². The van der Waals surface area contributed by atoms with Crippen LogP contribution in [0.25, 0.3) is 17.5 Å². The summed E-state index contributed by atoms with van der Waals surface area (Å²) in [6, 6.07) is 9.99. The van der Waals surface area contributed by atoms with E-state index in [1.807, 2.05) is 38.1 Å². The van der Waals surface area contributed by atoms with Crippen molar-refractivity contribution in [2.45, 2.75) is 19.8 Å². The van der Waals surface area contributed by atoms with Gasteiger partial charge in [-0.3, -0.25) is 0 Å². The summed E-state index contributed by atoms with van der Waals surface area (Å²) in [7, 11) is 0. The van der Waals surface area contributed by atoms with Crippen molar-refractivity contribution >= 4 is 40.3 Å². The van der Waals surface area contributed by atoms with Crippen molar-refractivity contribution in [2.75, 3.05) is 5.73 Å². The molecule has 2 N–H and O–H groups in total. The van der Waals surface area contributed by atoms with Gasteiger partial charge in [-0.25, -0.2) is 9.36 Å². The molecule has 0 bridgehead atoms. The second-order valence-electron chi connectivity index (χ2n) is 6.66. The molecule has 29 heavy (non-hydrogen) atoms. The van der Waals surface area contributed by atoms with E-state index in [0.717, 1.165) is 19.5 Å². The molecular formula is C20H14N4O3S2. The molecule has 5 heterocycles. The molecule has 0 aliphatic carbocycles. The van der Waals surface area contributed by atoms with E-state index >= 15 is 0 Å². The Labute approximate surface area is 172 Å². The van der Waals surface area contributed by atoms with Gasteiger partial charge in [0.15, 0.2) is 0 Å². The molecule has 0 fully saturated rings. The number of thiophene rings is 2. The summed E-state index contributed by atoms with van der Waals surface area (Å²) in [5.74, 6) is -0.199. The van der Waals surface area contributed by atoms with Gasteiger partial charge in [-0.05, 0) is 44.2 Å². The molecule has 0 amide bonds. The van der Waals surface area contributed by atoms with Crippen LogP contribution in [0.5, 0.6) is 0 Å². The summed E-state index contributed by atoms with van der Waals surface area (Å²) in [5.41, 5.74) is 6.26. The molecule has 0 aromatic carbocycles. The third kappa shape index (κ3) is 2.68. The van der Waals surface area contributed by atoms with Crippen LogP contribution in [0.1, 0.15) is 31.1 Å². The Bertz CT molecular complexity index is 1490. The maximum Gasteiger partial charge on any atom is 0.362 e. The quantitative estimate of drug-likeness (QED) is 0.531. The van der Waals surface area contributed by atoms with Gasteiger partial charge in [0.25, 0.3) is 6.01 Å². The van der Waals surface area contributed by atoms with E-state index in [4.69, 9.17) is 14.6 Å². The fourth-order valence-electron chi connectivity index (χ4n) is 3.50. The van der Waals surface area contributed by atoms with Crippen molar-refractivity contribution < 1.29 is 8.83 Å². The van der Waals surface area contributed by atoms with Crippen molar-refractivity contribution in [3.8, 4) is 12.0 Å². The first kappa shape index (κ1) is 17.7. The first-order valence-electron chi connectivity index (χ1n) is 8.73. The third-order valence-electron chi connectivity index (χ3n) is 4.70. The number of hydrogen-bond donors (Lipinski definition) is 1. The first-order chi connectivity index (χ1) is 14.0. The number of nitrogen functional groups attached to an aromatic ring is 1. The highest BCUT2D eigenvalue weighted by Gasteiger charge is 2.36. The molecule has 7 nitrogen and oxygen atoms in total. The number of fused-ring (bicyclic) bond motifs is 3. The largest absolute Gasteiger partial charge is 0.406 e. The summed E-state index contributed by atoms with van der Waals surface area (Å²) in [5, 5.41) is 10.2. The molecule has 0 saturated carbocycles. The minimum Gasteiger partial charge on any atom is -0.406 e. The van der Waals surface area contributed by atoms with E-state index in [1.54, 1.807) is 28.7 Å². The molecule has 1 atom stereocenters. The average molecular weight is 422 g/mol. The number of anilines is 1. The van der Waals surface area contributed by atoms with Gasteiger partial charge in [-0.1, -0.05) is 0 Å². The van der Waals surface area contributed by atoms with Crippen molar-refractivity contribution in [2.24, 2.45) is 0 Å². The third-order valence-corrected chi connectivity index (χ3v) is 6.71. The fraction of sp³-hybridized carbons (Fsp3) is 0.150. The monoisotopic (exact) mass is 422 g/mol. The maximum atomic E-state index is 12.7. The number of hydrogen-bond acceptors (Lipinski definition) is 8. The van der Waals surface area contributed by atoms with Crippen molar-refractivity contribution in [3.05, 3.63) is 70.8 Å². The van der Waals surface area contributed by atoms with Crippen molar-refractivity contribution in [1.82, 2.24) is 9.55 Å². The van der Waals surface area contributed by atoms with Crippen LogP contribution in [0, 0.1) is 25.2 Å². The SMILES string of the molecule is Cc1ccc(/C=c2\c(=O)oc3n2-c2oc(N)nc2C(c2ccc(C)s2)C=3C#N)s1. The minimum atomic E-state index is -0.553. The molecule has 0 spiro atoms. The van der Waals surface area contributed by atoms with E-state index < -0.39 is 11.5 Å². The highest BCUT2D eigenvalue weighted by atomic mass is 32.1. The highest BCUT2D eigenvalue weighted by molar-refractivity contribution is 7.12. The van der Waals surface area contributed by atoms with E-state index in [9.17, 15) is 10.1 Å². The number of nitriles is 1. The van der Waals surface area contributed by atoms with Crippen LogP contribution in [-0.4, -0.2) is 9.55 Å². The van der Waals surface area contributed by atoms with E-state index in [1.165, 1.54) is 4.57 Å². The Kier molecular flexibility index (Phi) is 3.87. The predicted octanol–water partition coefficient (Wildman–Crippen LogP) is 2.39. The molecule has 4 aromatic rings. The minimum absolute atomic E-state index is 0.0301. The summed E-state index contributed by atoms with van der Waals surface area (Å²) in [6.07, 6.45) is 1.72. The first-order valence-corrected chi connectivity index (χ1v) is 10.4. The molecule has 1 aliphatic rings. The molecule has 0 radical (unpaired) electrons. The topological polar surface area (TPSA) is 111 Å². The second-order valence-corrected chi connectivity index (χ2v) is 9.30. The number of oxazole rings is 2. The number of rotatable bonds is 2. The molecule has 5 rings (SSSR count). The molecule has 4 aromatic heterocycles. The molecule has 9 heteroatoms. The van der Waals surface area contributed by atoms with Gasteiger partial charge in [-0.15, -0.1) is 22.7 Å². The van der Waals surface area contributed by atoms with Crippen LogP contribution in [-0.2, 0) is 0 Å². The van der Waals surface area contributed by atoms with Gasteiger partial charge in [0.05, 0.1) is 5.92 Å². The zero-order valence-corrected chi connectivity index (χ0v) is 17.1. The second kappa shape index (κ2) is 6.34. The van der Waals surface area contributed by atoms with Gasteiger partial charge in [0, 0.05) is 19.5 Å². The Morgan fingerprint density at radius 2 is 1.97 bits per heavy atom. The lowest BCUT2D eigenvalue weighted by atomic mass is 9.93. The van der Waals surface area contributed by atoms with Gasteiger partial charge < -0.3 is 14.6 Å². The van der Waals surface area contributed by atoms with Gasteiger partial charge >= 0.3 is 5.63 Å². The fourth-order valence-corrected chi connectivity index (χ4v) is 5.31. The van der Waals surface area contributed by atoms with Gasteiger partial charge in [0.1, 0.15) is 22.7 Å². The summed E-state index contributed by atoms with van der Waals surface area (Å²) in [6.45, 7) is 3.97. The lowest BCUT2D eigenvalue weighted by Gasteiger charge is -2.17. The highest BCUT2D eigenvalue weighted by Crippen LogP contribution is 2.40. The number of aromatic nitrogens is 2. The Morgan fingerprint density at radius 3 is 2.62 bits per heavy atom. The van der Waals surface area contributed by atoms with E-state index in [2.05, 4.69) is 11.1 Å². The Balaban J connectivity index is 1.90. The molecule has 1 unspecified atom stereocenters. The summed E-state index contributed by atoms with van der Waals surface area (Å²) < 4.78 is 12.7. The zero-order valence-electron chi connectivity index (χ0n) is 15.4. The molecule has 144 valence electrons. The van der Waals surface area contributed by atoms with Crippen molar-refractivity contribution in [3.63, 3.8) is 0 Å². The van der Waals surface area contributed by atoms with Crippen LogP contribution in [0.3, 0.4) is 0 Å². The number of nitrogens with two attached hydrogens (primary N) is 1. The van der Waals surface area contributed by atoms with Crippen LogP contribution < -0.4 is 22.3 Å². The molecule has 1 aliphatic heterocycles. The zero-order chi connectivity index (χ0) is 20.3. The van der Waals surface area contributed by atoms with Gasteiger partial charge in [-0.2, -0.15) is 10.2 Å². The standard InChI is InChI=1S/C20H14N4O3S2/c1-9-3-5-11(28-9)7-13-19(25)26-17-12(8-21)15(14-6-4-10(2)29-14)16-18(24(13)17)27-20(22)23-16/h3-7,15H,1-2H3,(H2,22,23)/b13-7+. The normalized spacial score (nSPS) is 16.0. The lowest BCUT2D eigenvalue weighted by molar-refractivity contribution is 0.455. The maximum absolute atomic E-state index is 12.7. The molecule has 0 saturated heterocycles. The molecular weight excluding hydrogens is 408 g/mol. The van der Waals surface area contributed by atoms with Gasteiger partial charge in [0.2, 0.25) is 11.4 Å². The smallest absolute Gasteiger partial charge is 0.362 e. The summed E-state index contributed by atoms with van der Waals surface area (Å²) in [4.78, 5) is 21.1. The van der Waals surface area contributed by atoms with E-state index in [0.29, 0.717) is 17.2 Å². The van der Waals surface area contributed by atoms with Crippen LogP contribution >= 0.6 is 22.7 Å². The Morgan fingerprint density at radius 1 is 1.21 bits per heavy atom. The van der Waals surface area contributed by atoms with Crippen LogP contribution in [0.15, 0.2) is 37.9 Å². The van der Waals surface area contributed by atoms with Crippen LogP contribution in [0.4, 0.5) is 6.01 Å². The predicted molar refractivity (Wildman–Crippen MR) is 111 cm³/mol. The van der Waals surface area contributed by atoms with Crippen LogP contribution in [0.2, 0.25) is 0 Å². The average Bonchev–Trinajstić information content (AvgIpc) is 3.43. The van der Waals surface area contributed by atoms with Crippen molar-refractivity contribution in [1.29, 1.82) is 5.26 Å². The number of aryl methyl sites for hydroxylation is 2. The number of nitrogens with zero attached hydrogens (tertiary/aromatic N) is 3.